The lowest BCUT2D eigenvalue weighted by atomic mass is 10.1. The highest BCUT2D eigenvalue weighted by Crippen LogP contribution is 2.25. The van der Waals surface area contributed by atoms with Gasteiger partial charge in [0.1, 0.15) is 12.0 Å². The molecule has 0 spiro atoms. The van der Waals surface area contributed by atoms with Crippen molar-refractivity contribution in [2.75, 3.05) is 6.54 Å². The fraction of sp³-hybridized carbons (Fsp3) is 0.333. The first-order chi connectivity index (χ1) is 15.2. The van der Waals surface area contributed by atoms with E-state index >= 15 is 0 Å². The summed E-state index contributed by atoms with van der Waals surface area (Å²) in [6.45, 7) is 5.16. The number of aliphatic hydroxyl groups excluding tert-OH is 1. The predicted molar refractivity (Wildman–Crippen MR) is 123 cm³/mol. The van der Waals surface area contributed by atoms with Gasteiger partial charge < -0.3 is 19.9 Å². The van der Waals surface area contributed by atoms with Gasteiger partial charge in [-0.05, 0) is 38.5 Å². The SMILES string of the molecule is CC(C)N(CC(=O)NCc1cccc(Cl)c1F)C(=O)Cc1cn(C(C)O)c2ccccc12. The number of fused-ring (bicyclic) bond motifs is 1. The number of nitrogens with one attached hydrogen (secondary N) is 1. The van der Waals surface area contributed by atoms with Gasteiger partial charge in [-0.3, -0.25) is 9.59 Å². The first-order valence-corrected chi connectivity index (χ1v) is 10.8. The van der Waals surface area contributed by atoms with Crippen LogP contribution in [0.1, 0.15) is 38.1 Å². The van der Waals surface area contributed by atoms with E-state index in [2.05, 4.69) is 5.32 Å². The van der Waals surface area contributed by atoms with Gasteiger partial charge in [-0.2, -0.15) is 0 Å². The highest BCUT2D eigenvalue weighted by atomic mass is 35.5. The Kier molecular flexibility index (Phi) is 7.53. The van der Waals surface area contributed by atoms with E-state index in [4.69, 9.17) is 11.6 Å². The van der Waals surface area contributed by atoms with Crippen molar-refractivity contribution in [1.82, 2.24) is 14.8 Å². The number of hydrogen-bond acceptors (Lipinski definition) is 3. The summed E-state index contributed by atoms with van der Waals surface area (Å²) in [6, 6.07) is 11.9. The van der Waals surface area contributed by atoms with Gasteiger partial charge in [0.15, 0.2) is 0 Å². The van der Waals surface area contributed by atoms with Gasteiger partial charge in [0, 0.05) is 29.7 Å². The Bertz CT molecular complexity index is 1130. The molecule has 32 heavy (non-hydrogen) atoms. The smallest absolute Gasteiger partial charge is 0.239 e. The Morgan fingerprint density at radius 3 is 2.53 bits per heavy atom. The fourth-order valence-electron chi connectivity index (χ4n) is 3.64. The van der Waals surface area contributed by atoms with Crippen LogP contribution in [0.4, 0.5) is 4.39 Å². The van der Waals surface area contributed by atoms with E-state index in [0.717, 1.165) is 16.5 Å². The zero-order valence-electron chi connectivity index (χ0n) is 18.3. The molecule has 1 heterocycles. The van der Waals surface area contributed by atoms with Gasteiger partial charge in [-0.15, -0.1) is 0 Å². The number of hydrogen-bond donors (Lipinski definition) is 2. The molecule has 1 aromatic heterocycles. The lowest BCUT2D eigenvalue weighted by Crippen LogP contribution is -2.44. The maximum absolute atomic E-state index is 14.0. The molecule has 2 amide bonds. The average Bonchev–Trinajstić information content (AvgIpc) is 3.11. The molecular formula is C24H27ClFN3O3. The first kappa shape index (κ1) is 23.8. The Hall–Kier alpha value is -2.90. The van der Waals surface area contributed by atoms with Gasteiger partial charge in [-0.1, -0.05) is 41.9 Å². The Morgan fingerprint density at radius 2 is 1.84 bits per heavy atom. The van der Waals surface area contributed by atoms with E-state index in [-0.39, 0.29) is 42.0 Å². The van der Waals surface area contributed by atoms with Crippen molar-refractivity contribution in [2.24, 2.45) is 0 Å². The Labute approximate surface area is 191 Å². The molecule has 2 N–H and O–H groups in total. The molecule has 0 aliphatic rings. The lowest BCUT2D eigenvalue weighted by Gasteiger charge is -2.26. The molecule has 3 rings (SSSR count). The van der Waals surface area contributed by atoms with E-state index in [1.54, 1.807) is 29.8 Å². The van der Waals surface area contributed by atoms with Crippen molar-refractivity contribution >= 4 is 34.3 Å². The number of halogens is 2. The summed E-state index contributed by atoms with van der Waals surface area (Å²) in [5.74, 6) is -1.17. The molecule has 1 unspecified atom stereocenters. The monoisotopic (exact) mass is 459 g/mol. The molecule has 8 heteroatoms. The maximum atomic E-state index is 14.0. The Balaban J connectivity index is 1.70. The molecule has 6 nitrogen and oxygen atoms in total. The third-order valence-corrected chi connectivity index (χ3v) is 5.62. The van der Waals surface area contributed by atoms with Gasteiger partial charge in [0.05, 0.1) is 23.5 Å². The van der Waals surface area contributed by atoms with Crippen molar-refractivity contribution < 1.29 is 19.1 Å². The molecule has 1 atom stereocenters. The number of para-hydroxylation sites is 1. The van der Waals surface area contributed by atoms with Crippen LogP contribution in [0.2, 0.25) is 5.02 Å². The molecule has 0 radical (unpaired) electrons. The second-order valence-corrected chi connectivity index (χ2v) is 8.40. The van der Waals surface area contributed by atoms with Crippen molar-refractivity contribution in [3.05, 3.63) is 70.6 Å². The number of carbonyl (C=O) groups is 2. The number of aromatic nitrogens is 1. The Morgan fingerprint density at radius 1 is 1.12 bits per heavy atom. The molecule has 0 saturated heterocycles. The van der Waals surface area contributed by atoms with E-state index in [0.29, 0.717) is 0 Å². The van der Waals surface area contributed by atoms with Crippen LogP contribution in [0.15, 0.2) is 48.7 Å². The topological polar surface area (TPSA) is 74.6 Å². The molecule has 2 aromatic carbocycles. The standard InChI is InChI=1S/C24H27ClFN3O3/c1-15(2)28(14-22(31)27-12-17-7-6-9-20(25)24(17)26)23(32)11-18-13-29(16(3)30)21-10-5-4-8-19(18)21/h4-10,13,15-16,30H,11-12,14H2,1-3H3,(H,27,31). The van der Waals surface area contributed by atoms with Crippen LogP contribution in [0.25, 0.3) is 10.9 Å². The minimum atomic E-state index is -0.734. The number of amides is 2. The van der Waals surface area contributed by atoms with Crippen molar-refractivity contribution in [1.29, 1.82) is 0 Å². The molecule has 0 saturated carbocycles. The summed E-state index contributed by atoms with van der Waals surface area (Å²) >= 11 is 5.78. The number of benzene rings is 2. The van der Waals surface area contributed by atoms with Gasteiger partial charge >= 0.3 is 0 Å². The zero-order valence-corrected chi connectivity index (χ0v) is 19.1. The molecule has 0 fully saturated rings. The highest BCUT2D eigenvalue weighted by Gasteiger charge is 2.22. The van der Waals surface area contributed by atoms with E-state index in [1.165, 1.54) is 11.0 Å². The van der Waals surface area contributed by atoms with E-state index < -0.39 is 18.0 Å². The van der Waals surface area contributed by atoms with Crippen LogP contribution < -0.4 is 5.32 Å². The first-order valence-electron chi connectivity index (χ1n) is 10.4. The predicted octanol–water partition coefficient (Wildman–Crippen LogP) is 4.04. The van der Waals surface area contributed by atoms with Crippen molar-refractivity contribution in [3.63, 3.8) is 0 Å². The summed E-state index contributed by atoms with van der Waals surface area (Å²) in [4.78, 5) is 27.1. The molecule has 0 bridgehead atoms. The van der Waals surface area contributed by atoms with Crippen molar-refractivity contribution in [2.45, 2.75) is 46.0 Å². The minimum Gasteiger partial charge on any atom is -0.374 e. The number of rotatable bonds is 8. The molecule has 3 aromatic rings. The van der Waals surface area contributed by atoms with E-state index in [1.807, 2.05) is 38.1 Å². The zero-order chi connectivity index (χ0) is 23.4. The number of nitrogens with zero attached hydrogens (tertiary/aromatic N) is 2. The quantitative estimate of drug-likeness (QED) is 0.534. The van der Waals surface area contributed by atoms with E-state index in [9.17, 15) is 19.1 Å². The van der Waals surface area contributed by atoms with Gasteiger partial charge in [0.25, 0.3) is 0 Å². The summed E-state index contributed by atoms with van der Waals surface area (Å²) in [7, 11) is 0. The van der Waals surface area contributed by atoms with Gasteiger partial charge in [-0.25, -0.2) is 4.39 Å². The number of carbonyl (C=O) groups excluding carboxylic acids is 2. The summed E-state index contributed by atoms with van der Waals surface area (Å²) in [5.41, 5.74) is 1.89. The molecular weight excluding hydrogens is 433 g/mol. The van der Waals surface area contributed by atoms with Crippen LogP contribution in [0.3, 0.4) is 0 Å². The summed E-state index contributed by atoms with van der Waals surface area (Å²) in [6.07, 6.45) is 1.13. The summed E-state index contributed by atoms with van der Waals surface area (Å²) in [5, 5.41) is 13.6. The lowest BCUT2D eigenvalue weighted by molar-refractivity contribution is -0.137. The van der Waals surface area contributed by atoms with Crippen LogP contribution in [0, 0.1) is 5.82 Å². The van der Waals surface area contributed by atoms with Gasteiger partial charge in [0.2, 0.25) is 11.8 Å². The average molecular weight is 460 g/mol. The minimum absolute atomic E-state index is 0.00732. The van der Waals surface area contributed by atoms with Crippen LogP contribution >= 0.6 is 11.6 Å². The van der Waals surface area contributed by atoms with Crippen LogP contribution in [-0.2, 0) is 22.6 Å². The number of aliphatic hydroxyl groups is 1. The molecule has 170 valence electrons. The third kappa shape index (κ3) is 5.29. The largest absolute Gasteiger partial charge is 0.374 e. The second-order valence-electron chi connectivity index (χ2n) is 7.99. The third-order valence-electron chi connectivity index (χ3n) is 5.33. The highest BCUT2D eigenvalue weighted by molar-refractivity contribution is 6.30. The van der Waals surface area contributed by atoms with Crippen molar-refractivity contribution in [3.8, 4) is 0 Å². The maximum Gasteiger partial charge on any atom is 0.239 e. The molecule has 0 aliphatic heterocycles. The van der Waals surface area contributed by atoms with Crippen LogP contribution in [0.5, 0.6) is 0 Å². The van der Waals surface area contributed by atoms with Crippen LogP contribution in [-0.4, -0.2) is 39.0 Å². The fourth-order valence-corrected chi connectivity index (χ4v) is 3.83. The molecule has 0 aliphatic carbocycles. The normalized spacial score (nSPS) is 12.2. The summed E-state index contributed by atoms with van der Waals surface area (Å²) < 4.78 is 15.7. The second kappa shape index (κ2) is 10.1.